The Morgan fingerprint density at radius 1 is 1.56 bits per heavy atom. The normalized spacial score (nSPS) is 12.4. The van der Waals surface area contributed by atoms with E-state index in [1.54, 1.807) is 19.2 Å². The molecule has 1 unspecified atom stereocenters. The minimum atomic E-state index is -0.0726. The summed E-state index contributed by atoms with van der Waals surface area (Å²) < 4.78 is 5.82. The van der Waals surface area contributed by atoms with E-state index in [4.69, 9.17) is 10.5 Å². The lowest BCUT2D eigenvalue weighted by Gasteiger charge is -2.11. The monoisotopic (exact) mass is 285 g/mol. The van der Waals surface area contributed by atoms with Crippen molar-refractivity contribution in [3.8, 4) is 0 Å². The van der Waals surface area contributed by atoms with Gasteiger partial charge in [0.25, 0.3) is 0 Å². The summed E-state index contributed by atoms with van der Waals surface area (Å²) in [5, 5.41) is 0. The zero-order valence-electron chi connectivity index (χ0n) is 9.50. The summed E-state index contributed by atoms with van der Waals surface area (Å²) in [6.07, 6.45) is 0.710. The first-order valence-corrected chi connectivity index (χ1v) is 5.93. The predicted octanol–water partition coefficient (Wildman–Crippen LogP) is 2.89. The van der Waals surface area contributed by atoms with Gasteiger partial charge in [0, 0.05) is 35.4 Å². The van der Waals surface area contributed by atoms with Crippen LogP contribution in [0, 0.1) is 5.92 Å². The van der Waals surface area contributed by atoms with Crippen molar-refractivity contribution >= 4 is 27.4 Å². The highest BCUT2D eigenvalue weighted by atomic mass is 79.9. The molecule has 0 fully saturated rings. The third kappa shape index (κ3) is 3.32. The highest BCUT2D eigenvalue weighted by Crippen LogP contribution is 2.22. The largest absolute Gasteiger partial charge is 0.398 e. The summed E-state index contributed by atoms with van der Waals surface area (Å²) in [4.78, 5) is 12.1. The van der Waals surface area contributed by atoms with Crippen LogP contribution in [0.3, 0.4) is 0 Å². The van der Waals surface area contributed by atoms with E-state index in [9.17, 15) is 4.79 Å². The van der Waals surface area contributed by atoms with E-state index >= 15 is 0 Å². The van der Waals surface area contributed by atoms with Gasteiger partial charge in [0.1, 0.15) is 0 Å². The van der Waals surface area contributed by atoms with Crippen LogP contribution in [0.15, 0.2) is 22.7 Å². The van der Waals surface area contributed by atoms with Crippen LogP contribution < -0.4 is 5.73 Å². The molecule has 0 bridgehead atoms. The molecular formula is C12H16BrNO2. The van der Waals surface area contributed by atoms with Gasteiger partial charge in [0.15, 0.2) is 5.78 Å². The van der Waals surface area contributed by atoms with Gasteiger partial charge in [-0.05, 0) is 24.6 Å². The van der Waals surface area contributed by atoms with Crippen molar-refractivity contribution in [2.45, 2.75) is 13.3 Å². The number of ether oxygens (including phenoxy) is 1. The molecule has 0 aliphatic heterocycles. The maximum absolute atomic E-state index is 12.1. The minimum Gasteiger partial charge on any atom is -0.398 e. The van der Waals surface area contributed by atoms with Crippen LogP contribution in [0.25, 0.3) is 0 Å². The van der Waals surface area contributed by atoms with E-state index in [1.165, 1.54) is 0 Å². The smallest absolute Gasteiger partial charge is 0.167 e. The number of benzene rings is 1. The van der Waals surface area contributed by atoms with Gasteiger partial charge in [0.05, 0.1) is 0 Å². The van der Waals surface area contributed by atoms with Gasteiger partial charge in [-0.3, -0.25) is 4.79 Å². The number of hydrogen-bond acceptors (Lipinski definition) is 3. The second-order valence-corrected chi connectivity index (χ2v) is 4.69. The Balaban J connectivity index is 2.83. The molecule has 0 spiro atoms. The van der Waals surface area contributed by atoms with Crippen molar-refractivity contribution in [1.82, 2.24) is 0 Å². The third-order valence-corrected chi connectivity index (χ3v) is 2.98. The van der Waals surface area contributed by atoms with Gasteiger partial charge >= 0.3 is 0 Å². The van der Waals surface area contributed by atoms with Gasteiger partial charge in [0.2, 0.25) is 0 Å². The van der Waals surface area contributed by atoms with Crippen LogP contribution in [0.2, 0.25) is 0 Å². The Kier molecular flexibility index (Phi) is 4.96. The average Bonchev–Trinajstić information content (AvgIpc) is 2.28. The van der Waals surface area contributed by atoms with Crippen LogP contribution in [0.5, 0.6) is 0 Å². The topological polar surface area (TPSA) is 52.3 Å². The SMILES string of the molecule is COCCC(C)C(=O)c1cc(Br)ccc1N. The Labute approximate surface area is 104 Å². The Morgan fingerprint density at radius 2 is 2.25 bits per heavy atom. The summed E-state index contributed by atoms with van der Waals surface area (Å²) in [5.41, 5.74) is 6.89. The molecule has 1 aromatic rings. The summed E-state index contributed by atoms with van der Waals surface area (Å²) in [5.74, 6) is -0.00704. The summed E-state index contributed by atoms with van der Waals surface area (Å²) in [7, 11) is 1.63. The van der Waals surface area contributed by atoms with E-state index in [-0.39, 0.29) is 11.7 Å². The number of anilines is 1. The molecule has 16 heavy (non-hydrogen) atoms. The summed E-state index contributed by atoms with van der Waals surface area (Å²) in [6, 6.07) is 5.33. The van der Waals surface area contributed by atoms with Crippen LogP contribution >= 0.6 is 15.9 Å². The minimum absolute atomic E-state index is 0.0656. The first kappa shape index (κ1) is 13.2. The lowest BCUT2D eigenvalue weighted by atomic mass is 9.96. The molecule has 0 radical (unpaired) electrons. The van der Waals surface area contributed by atoms with E-state index < -0.39 is 0 Å². The van der Waals surface area contributed by atoms with E-state index in [0.29, 0.717) is 24.3 Å². The van der Waals surface area contributed by atoms with Gasteiger partial charge < -0.3 is 10.5 Å². The summed E-state index contributed by atoms with van der Waals surface area (Å²) in [6.45, 7) is 2.47. The van der Waals surface area contributed by atoms with Crippen molar-refractivity contribution in [3.05, 3.63) is 28.2 Å². The molecule has 1 aromatic carbocycles. The second kappa shape index (κ2) is 6.01. The van der Waals surface area contributed by atoms with E-state index in [1.807, 2.05) is 13.0 Å². The number of rotatable bonds is 5. The molecule has 0 amide bonds. The van der Waals surface area contributed by atoms with Crippen molar-refractivity contribution in [2.24, 2.45) is 5.92 Å². The van der Waals surface area contributed by atoms with Gasteiger partial charge in [-0.1, -0.05) is 22.9 Å². The molecule has 0 heterocycles. The number of halogens is 1. The Hall–Kier alpha value is -0.870. The second-order valence-electron chi connectivity index (χ2n) is 3.78. The fourth-order valence-electron chi connectivity index (χ4n) is 1.43. The number of carbonyl (C=O) groups excluding carboxylic acids is 1. The lowest BCUT2D eigenvalue weighted by molar-refractivity contribution is 0.0894. The lowest BCUT2D eigenvalue weighted by Crippen LogP contribution is -2.15. The fraction of sp³-hybridized carbons (Fsp3) is 0.417. The molecule has 0 saturated heterocycles. The van der Waals surface area contributed by atoms with Gasteiger partial charge in [-0.15, -0.1) is 0 Å². The van der Waals surface area contributed by atoms with Crippen LogP contribution in [-0.4, -0.2) is 19.5 Å². The number of Topliss-reactive ketones (excluding diaryl/α,β-unsaturated/α-hetero) is 1. The molecule has 3 nitrogen and oxygen atoms in total. The Bertz CT molecular complexity index is 379. The van der Waals surface area contributed by atoms with Gasteiger partial charge in [-0.25, -0.2) is 0 Å². The number of ketones is 1. The maximum atomic E-state index is 12.1. The first-order chi connectivity index (χ1) is 7.56. The van der Waals surface area contributed by atoms with Crippen LogP contribution in [-0.2, 0) is 4.74 Å². The predicted molar refractivity (Wildman–Crippen MR) is 68.5 cm³/mol. The fourth-order valence-corrected chi connectivity index (χ4v) is 1.79. The number of hydrogen-bond donors (Lipinski definition) is 1. The van der Waals surface area contributed by atoms with E-state index in [2.05, 4.69) is 15.9 Å². The molecule has 1 atom stereocenters. The molecule has 0 aliphatic carbocycles. The zero-order valence-corrected chi connectivity index (χ0v) is 11.1. The molecule has 0 saturated carbocycles. The number of methoxy groups -OCH3 is 1. The zero-order chi connectivity index (χ0) is 12.1. The molecule has 0 aliphatic rings. The highest BCUT2D eigenvalue weighted by Gasteiger charge is 2.17. The summed E-state index contributed by atoms with van der Waals surface area (Å²) >= 11 is 3.33. The highest BCUT2D eigenvalue weighted by molar-refractivity contribution is 9.10. The van der Waals surface area contributed by atoms with Crippen molar-refractivity contribution in [1.29, 1.82) is 0 Å². The van der Waals surface area contributed by atoms with Crippen molar-refractivity contribution in [2.75, 3.05) is 19.5 Å². The number of carbonyl (C=O) groups is 1. The van der Waals surface area contributed by atoms with Crippen molar-refractivity contribution < 1.29 is 9.53 Å². The molecule has 88 valence electrons. The van der Waals surface area contributed by atoms with Crippen LogP contribution in [0.1, 0.15) is 23.7 Å². The molecular weight excluding hydrogens is 270 g/mol. The number of nitrogens with two attached hydrogens (primary N) is 1. The average molecular weight is 286 g/mol. The Morgan fingerprint density at radius 3 is 2.88 bits per heavy atom. The molecule has 1 rings (SSSR count). The molecule has 4 heteroatoms. The van der Waals surface area contributed by atoms with Crippen LogP contribution in [0.4, 0.5) is 5.69 Å². The maximum Gasteiger partial charge on any atom is 0.167 e. The standard InChI is InChI=1S/C12H16BrNO2/c1-8(5-6-16-2)12(15)10-7-9(13)3-4-11(10)14/h3-4,7-8H,5-6,14H2,1-2H3. The number of nitrogen functional groups attached to an aromatic ring is 1. The first-order valence-electron chi connectivity index (χ1n) is 5.14. The molecule has 2 N–H and O–H groups in total. The van der Waals surface area contributed by atoms with Gasteiger partial charge in [-0.2, -0.15) is 0 Å². The van der Waals surface area contributed by atoms with E-state index in [0.717, 1.165) is 4.47 Å². The van der Waals surface area contributed by atoms with Crippen molar-refractivity contribution in [3.63, 3.8) is 0 Å². The quantitative estimate of drug-likeness (QED) is 0.669. The molecule has 0 aromatic heterocycles. The third-order valence-electron chi connectivity index (χ3n) is 2.48.